The fraction of sp³-hybridized carbons (Fsp3) is 0.462. The zero-order valence-corrected chi connectivity index (χ0v) is 10.8. The number of likely N-dealkylation sites (tertiary alicyclic amines) is 1. The Kier molecular flexibility index (Phi) is 3.43. The second-order valence-electron chi connectivity index (χ2n) is 4.42. The van der Waals surface area contributed by atoms with E-state index >= 15 is 0 Å². The van der Waals surface area contributed by atoms with Crippen LogP contribution in [0.15, 0.2) is 18.2 Å². The Morgan fingerprint density at radius 3 is 2.44 bits per heavy atom. The number of methoxy groups -OCH3 is 2. The number of hydrogen-bond acceptors (Lipinski definition) is 4. The summed E-state index contributed by atoms with van der Waals surface area (Å²) in [7, 11) is 4.96. The highest BCUT2D eigenvalue weighted by molar-refractivity contribution is 5.84. The molecule has 2 N–H and O–H groups in total. The molecule has 0 aliphatic carbocycles. The maximum atomic E-state index is 11.7. The van der Waals surface area contributed by atoms with E-state index in [4.69, 9.17) is 15.2 Å². The summed E-state index contributed by atoms with van der Waals surface area (Å²) in [4.78, 5) is 13.4. The number of likely N-dealkylation sites (N-methyl/N-ethyl adjacent to an activating group) is 1. The highest BCUT2D eigenvalue weighted by atomic mass is 16.5. The Balaban J connectivity index is 2.32. The van der Waals surface area contributed by atoms with Crippen molar-refractivity contribution in [2.75, 3.05) is 21.3 Å². The third-order valence-corrected chi connectivity index (χ3v) is 3.40. The minimum atomic E-state index is -0.409. The van der Waals surface area contributed by atoms with E-state index in [-0.39, 0.29) is 11.9 Å². The Labute approximate surface area is 106 Å². The Hall–Kier alpha value is -1.75. The summed E-state index contributed by atoms with van der Waals surface area (Å²) in [5.41, 5.74) is 6.79. The normalized spacial score (nSPS) is 23.3. The molecule has 2 atom stereocenters. The molecule has 0 saturated carbocycles. The van der Waals surface area contributed by atoms with E-state index in [1.54, 1.807) is 26.2 Å². The van der Waals surface area contributed by atoms with E-state index in [2.05, 4.69) is 0 Å². The predicted molar refractivity (Wildman–Crippen MR) is 67.6 cm³/mol. The number of carbonyl (C=O) groups is 1. The van der Waals surface area contributed by atoms with Crippen molar-refractivity contribution in [2.24, 2.45) is 5.73 Å². The summed E-state index contributed by atoms with van der Waals surface area (Å²) in [5.74, 6) is 1.32. The first kappa shape index (κ1) is 12.7. The summed E-state index contributed by atoms with van der Waals surface area (Å²) >= 11 is 0. The maximum absolute atomic E-state index is 11.7. The van der Waals surface area contributed by atoms with Crippen molar-refractivity contribution in [1.29, 1.82) is 0 Å². The molecule has 0 radical (unpaired) electrons. The molecule has 1 heterocycles. The lowest BCUT2D eigenvalue weighted by Crippen LogP contribution is -2.31. The third-order valence-electron chi connectivity index (χ3n) is 3.40. The van der Waals surface area contributed by atoms with E-state index in [0.29, 0.717) is 17.9 Å². The van der Waals surface area contributed by atoms with Gasteiger partial charge >= 0.3 is 0 Å². The van der Waals surface area contributed by atoms with Crippen molar-refractivity contribution < 1.29 is 14.3 Å². The molecule has 5 heteroatoms. The maximum Gasteiger partial charge on any atom is 0.239 e. The highest BCUT2D eigenvalue weighted by Gasteiger charge is 2.35. The molecule has 1 aliphatic heterocycles. The number of amides is 1. The lowest BCUT2D eigenvalue weighted by atomic mass is 10.0. The molecule has 98 valence electrons. The number of hydrogen-bond donors (Lipinski definition) is 1. The lowest BCUT2D eigenvalue weighted by Gasteiger charge is -2.21. The van der Waals surface area contributed by atoms with Crippen LogP contribution in [-0.2, 0) is 4.79 Å². The smallest absolute Gasteiger partial charge is 0.239 e. The summed E-state index contributed by atoms with van der Waals surface area (Å²) in [6.45, 7) is 0. The number of nitrogens with two attached hydrogens (primary N) is 1. The molecule has 0 bridgehead atoms. The fourth-order valence-corrected chi connectivity index (χ4v) is 2.33. The average molecular weight is 250 g/mol. The van der Waals surface area contributed by atoms with Gasteiger partial charge in [0.25, 0.3) is 0 Å². The van der Waals surface area contributed by atoms with Gasteiger partial charge in [-0.25, -0.2) is 0 Å². The number of rotatable bonds is 3. The first-order valence-corrected chi connectivity index (χ1v) is 5.82. The second kappa shape index (κ2) is 4.86. The van der Waals surface area contributed by atoms with Crippen LogP contribution in [0.2, 0.25) is 0 Å². The van der Waals surface area contributed by atoms with E-state index in [0.717, 1.165) is 5.56 Å². The monoisotopic (exact) mass is 250 g/mol. The topological polar surface area (TPSA) is 64.8 Å². The lowest BCUT2D eigenvalue weighted by molar-refractivity contribution is -0.128. The van der Waals surface area contributed by atoms with Gasteiger partial charge in [-0.05, 0) is 24.1 Å². The van der Waals surface area contributed by atoms with Gasteiger partial charge < -0.3 is 20.1 Å². The van der Waals surface area contributed by atoms with Crippen LogP contribution in [0.1, 0.15) is 18.0 Å². The van der Waals surface area contributed by atoms with Crippen molar-refractivity contribution in [1.82, 2.24) is 4.90 Å². The SMILES string of the molecule is COc1ccc([C@H]2C[C@H](N)C(=O)N2C)cc1OC. The summed E-state index contributed by atoms with van der Waals surface area (Å²) < 4.78 is 10.5. The average Bonchev–Trinajstić information content (AvgIpc) is 2.65. The Morgan fingerprint density at radius 2 is 1.94 bits per heavy atom. The quantitative estimate of drug-likeness (QED) is 0.867. The first-order chi connectivity index (χ1) is 8.58. The van der Waals surface area contributed by atoms with Crippen LogP contribution in [0.3, 0.4) is 0 Å². The van der Waals surface area contributed by atoms with Gasteiger partial charge in [0.15, 0.2) is 11.5 Å². The molecule has 0 spiro atoms. The van der Waals surface area contributed by atoms with Crippen LogP contribution < -0.4 is 15.2 Å². The molecule has 1 aliphatic rings. The number of nitrogens with zero attached hydrogens (tertiary/aromatic N) is 1. The van der Waals surface area contributed by atoms with Crippen molar-refractivity contribution in [3.63, 3.8) is 0 Å². The third kappa shape index (κ3) is 2.01. The molecule has 2 rings (SSSR count). The zero-order valence-electron chi connectivity index (χ0n) is 10.8. The summed E-state index contributed by atoms with van der Waals surface area (Å²) in [6, 6.07) is 5.27. The van der Waals surface area contributed by atoms with Crippen molar-refractivity contribution >= 4 is 5.91 Å². The van der Waals surface area contributed by atoms with Gasteiger partial charge in [-0.15, -0.1) is 0 Å². The summed E-state index contributed by atoms with van der Waals surface area (Å²) in [6.07, 6.45) is 0.630. The van der Waals surface area contributed by atoms with E-state index in [1.165, 1.54) is 0 Å². The predicted octanol–water partition coefficient (Wildman–Crippen LogP) is 0.934. The molecule has 0 aromatic heterocycles. The van der Waals surface area contributed by atoms with Gasteiger partial charge in [0.2, 0.25) is 5.91 Å². The first-order valence-electron chi connectivity index (χ1n) is 5.82. The Bertz CT molecular complexity index is 462. The molecule has 1 amide bonds. The largest absolute Gasteiger partial charge is 0.493 e. The zero-order chi connectivity index (χ0) is 13.3. The van der Waals surface area contributed by atoms with Crippen molar-refractivity contribution in [3.05, 3.63) is 23.8 Å². The second-order valence-corrected chi connectivity index (χ2v) is 4.42. The van der Waals surface area contributed by atoms with Gasteiger partial charge in [0, 0.05) is 7.05 Å². The van der Waals surface area contributed by atoms with Crippen molar-refractivity contribution in [2.45, 2.75) is 18.5 Å². The Morgan fingerprint density at radius 1 is 1.28 bits per heavy atom. The number of benzene rings is 1. The molecule has 1 aromatic rings. The minimum absolute atomic E-state index is 0.00676. The van der Waals surface area contributed by atoms with Crippen LogP contribution in [0, 0.1) is 0 Å². The minimum Gasteiger partial charge on any atom is -0.493 e. The van der Waals surface area contributed by atoms with Gasteiger partial charge in [0.1, 0.15) is 0 Å². The van der Waals surface area contributed by atoms with Gasteiger partial charge in [-0.3, -0.25) is 4.79 Å². The van der Waals surface area contributed by atoms with E-state index in [9.17, 15) is 4.79 Å². The van der Waals surface area contributed by atoms with Crippen LogP contribution in [-0.4, -0.2) is 38.1 Å². The van der Waals surface area contributed by atoms with Gasteiger partial charge in [-0.2, -0.15) is 0 Å². The van der Waals surface area contributed by atoms with E-state index < -0.39 is 6.04 Å². The van der Waals surface area contributed by atoms with Crippen LogP contribution >= 0.6 is 0 Å². The van der Waals surface area contributed by atoms with Gasteiger partial charge in [-0.1, -0.05) is 6.07 Å². The fourth-order valence-electron chi connectivity index (χ4n) is 2.33. The van der Waals surface area contributed by atoms with Gasteiger partial charge in [0.05, 0.1) is 26.3 Å². The molecule has 1 saturated heterocycles. The molecular weight excluding hydrogens is 232 g/mol. The molecular formula is C13H18N2O3. The van der Waals surface area contributed by atoms with Crippen LogP contribution in [0.25, 0.3) is 0 Å². The van der Waals surface area contributed by atoms with Crippen LogP contribution in [0.4, 0.5) is 0 Å². The number of ether oxygens (including phenoxy) is 2. The standard InChI is InChI=1S/C13H18N2O3/c1-15-10(7-9(14)13(15)16)8-4-5-11(17-2)12(6-8)18-3/h4-6,9-10H,7,14H2,1-3H3/t9-,10+/m0/s1. The molecule has 1 aromatic carbocycles. The molecule has 0 unspecified atom stereocenters. The van der Waals surface area contributed by atoms with E-state index in [1.807, 2.05) is 18.2 Å². The highest BCUT2D eigenvalue weighted by Crippen LogP contribution is 2.36. The molecule has 5 nitrogen and oxygen atoms in total. The number of carbonyl (C=O) groups excluding carboxylic acids is 1. The van der Waals surface area contributed by atoms with Crippen LogP contribution in [0.5, 0.6) is 11.5 Å². The van der Waals surface area contributed by atoms with Crippen molar-refractivity contribution in [3.8, 4) is 11.5 Å². The molecule has 18 heavy (non-hydrogen) atoms. The summed E-state index contributed by atoms with van der Waals surface area (Å²) in [5, 5.41) is 0. The molecule has 1 fully saturated rings.